The second kappa shape index (κ2) is 6.62. The normalized spacial score (nSPS) is 16.6. The highest BCUT2D eigenvalue weighted by Crippen LogP contribution is 2.27. The quantitative estimate of drug-likeness (QED) is 0.623. The molecule has 0 radical (unpaired) electrons. The average molecular weight is 246 g/mol. The fourth-order valence-electron chi connectivity index (χ4n) is 1.26. The van der Waals surface area contributed by atoms with Crippen molar-refractivity contribution in [2.45, 2.75) is 25.3 Å². The summed E-state index contributed by atoms with van der Waals surface area (Å²) < 4.78 is 0. The molecule has 0 aromatic heterocycles. The Balaban J connectivity index is 2.22. The Morgan fingerprint density at radius 3 is 2.69 bits per heavy atom. The van der Waals surface area contributed by atoms with Gasteiger partial charge in [0.05, 0.1) is 0 Å². The molecule has 1 rings (SSSR count). The molecule has 1 atom stereocenters. The van der Waals surface area contributed by atoms with Gasteiger partial charge in [-0.3, -0.25) is 0 Å². The zero-order valence-corrected chi connectivity index (χ0v) is 10.2. The number of hydrogen-bond acceptors (Lipinski definition) is 3. The van der Waals surface area contributed by atoms with Gasteiger partial charge in [-0.05, 0) is 37.2 Å². The van der Waals surface area contributed by atoms with Crippen molar-refractivity contribution in [1.82, 2.24) is 10.6 Å². The molecule has 92 valence electrons. The van der Waals surface area contributed by atoms with E-state index in [2.05, 4.69) is 10.6 Å². The van der Waals surface area contributed by atoms with Crippen LogP contribution in [0.5, 0.6) is 0 Å². The third kappa shape index (κ3) is 5.25. The van der Waals surface area contributed by atoms with Crippen LogP contribution in [0.4, 0.5) is 4.79 Å². The van der Waals surface area contributed by atoms with E-state index in [1.165, 1.54) is 0 Å². The Hall–Kier alpha value is -0.910. The van der Waals surface area contributed by atoms with Crippen molar-refractivity contribution >= 4 is 23.8 Å². The largest absolute Gasteiger partial charge is 0.480 e. The Bertz CT molecular complexity index is 256. The second-order valence-corrected chi connectivity index (χ2v) is 4.96. The van der Waals surface area contributed by atoms with Crippen LogP contribution in [0.25, 0.3) is 0 Å². The first kappa shape index (κ1) is 13.2. The number of nitrogens with one attached hydrogen (secondary N) is 2. The number of aliphatic carboxylic acids is 1. The topological polar surface area (TPSA) is 78.4 Å². The van der Waals surface area contributed by atoms with Crippen molar-refractivity contribution < 1.29 is 14.7 Å². The standard InChI is InChI=1S/C10H18N2O3S/c1-16-5-4-8(9(13)14)12-10(15)11-6-7-2-3-7/h7-8H,2-6H2,1H3,(H,13,14)(H2,11,12,15)/t8-/m0/s1. The number of carboxylic acids is 1. The zero-order valence-electron chi connectivity index (χ0n) is 9.36. The molecule has 0 aromatic rings. The summed E-state index contributed by atoms with van der Waals surface area (Å²) in [5, 5.41) is 14.0. The second-order valence-electron chi connectivity index (χ2n) is 3.97. The van der Waals surface area contributed by atoms with E-state index >= 15 is 0 Å². The van der Waals surface area contributed by atoms with Gasteiger partial charge in [-0.2, -0.15) is 11.8 Å². The number of rotatable bonds is 7. The predicted octanol–water partition coefficient (Wildman–Crippen LogP) is 0.902. The number of carbonyl (C=O) groups is 2. The van der Waals surface area contributed by atoms with E-state index in [9.17, 15) is 9.59 Å². The summed E-state index contributed by atoms with van der Waals surface area (Å²) in [7, 11) is 0. The summed E-state index contributed by atoms with van der Waals surface area (Å²) >= 11 is 1.57. The van der Waals surface area contributed by atoms with E-state index in [0.717, 1.165) is 18.6 Å². The summed E-state index contributed by atoms with van der Waals surface area (Å²) in [6.07, 6.45) is 4.68. The smallest absolute Gasteiger partial charge is 0.326 e. The van der Waals surface area contributed by atoms with Crippen LogP contribution in [0.2, 0.25) is 0 Å². The van der Waals surface area contributed by atoms with Crippen LogP contribution in [0.1, 0.15) is 19.3 Å². The van der Waals surface area contributed by atoms with Crippen LogP contribution in [-0.4, -0.2) is 41.7 Å². The lowest BCUT2D eigenvalue weighted by Crippen LogP contribution is -2.46. The molecule has 5 nitrogen and oxygen atoms in total. The van der Waals surface area contributed by atoms with Crippen LogP contribution in [-0.2, 0) is 4.79 Å². The molecule has 0 saturated heterocycles. The Kier molecular flexibility index (Phi) is 5.45. The summed E-state index contributed by atoms with van der Waals surface area (Å²) in [5.41, 5.74) is 0. The lowest BCUT2D eigenvalue weighted by molar-refractivity contribution is -0.139. The Morgan fingerprint density at radius 2 is 2.19 bits per heavy atom. The van der Waals surface area contributed by atoms with Gasteiger partial charge < -0.3 is 15.7 Å². The van der Waals surface area contributed by atoms with E-state index in [1.807, 2.05) is 6.26 Å². The maximum absolute atomic E-state index is 11.4. The number of carboxylic acid groups (broad SMARTS) is 1. The highest BCUT2D eigenvalue weighted by atomic mass is 32.2. The molecule has 0 aromatic carbocycles. The summed E-state index contributed by atoms with van der Waals surface area (Å²) in [6, 6.07) is -1.16. The van der Waals surface area contributed by atoms with E-state index in [4.69, 9.17) is 5.11 Å². The van der Waals surface area contributed by atoms with Crippen molar-refractivity contribution in [2.24, 2.45) is 5.92 Å². The average Bonchev–Trinajstić information content (AvgIpc) is 3.04. The third-order valence-electron chi connectivity index (χ3n) is 2.46. The third-order valence-corrected chi connectivity index (χ3v) is 3.11. The van der Waals surface area contributed by atoms with Gasteiger partial charge in [0.25, 0.3) is 0 Å². The molecule has 16 heavy (non-hydrogen) atoms. The molecular weight excluding hydrogens is 228 g/mol. The molecule has 1 saturated carbocycles. The first-order chi connectivity index (χ1) is 7.63. The number of urea groups is 1. The van der Waals surface area contributed by atoms with Gasteiger partial charge in [0, 0.05) is 6.54 Å². The van der Waals surface area contributed by atoms with Gasteiger partial charge in [0.2, 0.25) is 0 Å². The number of thioether (sulfide) groups is 1. The van der Waals surface area contributed by atoms with Crippen molar-refractivity contribution in [1.29, 1.82) is 0 Å². The van der Waals surface area contributed by atoms with Gasteiger partial charge in [-0.1, -0.05) is 0 Å². The van der Waals surface area contributed by atoms with E-state index in [1.54, 1.807) is 11.8 Å². The minimum Gasteiger partial charge on any atom is -0.480 e. The first-order valence-electron chi connectivity index (χ1n) is 5.39. The Labute approximate surface area is 99.4 Å². The highest BCUT2D eigenvalue weighted by molar-refractivity contribution is 7.98. The van der Waals surface area contributed by atoms with Crippen LogP contribution < -0.4 is 10.6 Å². The van der Waals surface area contributed by atoms with Crippen LogP contribution in [0.15, 0.2) is 0 Å². The summed E-state index contributed by atoms with van der Waals surface area (Å²) in [6.45, 7) is 0.653. The summed E-state index contributed by atoms with van der Waals surface area (Å²) in [4.78, 5) is 22.2. The molecule has 3 N–H and O–H groups in total. The van der Waals surface area contributed by atoms with Crippen molar-refractivity contribution in [3.05, 3.63) is 0 Å². The van der Waals surface area contributed by atoms with Crippen LogP contribution in [0, 0.1) is 5.92 Å². The molecule has 1 aliphatic rings. The molecule has 1 fully saturated rings. The van der Waals surface area contributed by atoms with Crippen LogP contribution in [0.3, 0.4) is 0 Å². The lowest BCUT2D eigenvalue weighted by Gasteiger charge is -2.14. The maximum atomic E-state index is 11.4. The van der Waals surface area contributed by atoms with Crippen molar-refractivity contribution in [3.63, 3.8) is 0 Å². The first-order valence-corrected chi connectivity index (χ1v) is 6.79. The molecule has 0 unspecified atom stereocenters. The van der Waals surface area contributed by atoms with E-state index in [0.29, 0.717) is 18.9 Å². The van der Waals surface area contributed by atoms with Gasteiger partial charge >= 0.3 is 12.0 Å². The lowest BCUT2D eigenvalue weighted by atomic mass is 10.2. The molecule has 0 spiro atoms. The van der Waals surface area contributed by atoms with Crippen molar-refractivity contribution in [3.8, 4) is 0 Å². The molecule has 1 aliphatic carbocycles. The molecule has 2 amide bonds. The van der Waals surface area contributed by atoms with Gasteiger partial charge in [0.1, 0.15) is 6.04 Å². The zero-order chi connectivity index (χ0) is 12.0. The SMILES string of the molecule is CSCC[C@H](NC(=O)NCC1CC1)C(=O)O. The molecular formula is C10H18N2O3S. The minimum absolute atomic E-state index is 0.375. The molecule has 0 aliphatic heterocycles. The van der Waals surface area contributed by atoms with Crippen LogP contribution >= 0.6 is 11.8 Å². The molecule has 0 heterocycles. The monoisotopic (exact) mass is 246 g/mol. The van der Waals surface area contributed by atoms with Gasteiger partial charge in [0.15, 0.2) is 0 Å². The Morgan fingerprint density at radius 1 is 1.50 bits per heavy atom. The molecule has 0 bridgehead atoms. The fraction of sp³-hybridized carbons (Fsp3) is 0.800. The highest BCUT2D eigenvalue weighted by Gasteiger charge is 2.23. The van der Waals surface area contributed by atoms with E-state index in [-0.39, 0.29) is 6.03 Å². The minimum atomic E-state index is -0.976. The number of hydrogen-bond donors (Lipinski definition) is 3. The number of carbonyl (C=O) groups excluding carboxylic acids is 1. The number of amides is 2. The van der Waals surface area contributed by atoms with Gasteiger partial charge in [-0.25, -0.2) is 9.59 Å². The van der Waals surface area contributed by atoms with E-state index < -0.39 is 12.0 Å². The van der Waals surface area contributed by atoms with Crippen molar-refractivity contribution in [2.75, 3.05) is 18.6 Å². The van der Waals surface area contributed by atoms with Gasteiger partial charge in [-0.15, -0.1) is 0 Å². The maximum Gasteiger partial charge on any atom is 0.326 e. The summed E-state index contributed by atoms with van der Waals surface area (Å²) in [5.74, 6) is 0.343. The fourth-order valence-corrected chi connectivity index (χ4v) is 1.73. The predicted molar refractivity (Wildman–Crippen MR) is 63.7 cm³/mol. The molecule has 6 heteroatoms.